The number of imide groups is 1. The summed E-state index contributed by atoms with van der Waals surface area (Å²) in [7, 11) is -3.47. The monoisotopic (exact) mass is 1170 g/mol. The number of fused-ring (bicyclic) bond motifs is 3. The van der Waals surface area contributed by atoms with Gasteiger partial charge in [-0.05, 0) is 129 Å². The summed E-state index contributed by atoms with van der Waals surface area (Å²) in [5.41, 5.74) is 7.66. The molecule has 5 heterocycles. The van der Waals surface area contributed by atoms with Crippen molar-refractivity contribution in [2.45, 2.75) is 120 Å². The second kappa shape index (κ2) is 24.7. The number of imidazole rings is 1. The second-order valence-corrected chi connectivity index (χ2v) is 24.1. The summed E-state index contributed by atoms with van der Waals surface area (Å²) in [5, 5.41) is 11.3. The number of hydrogen-bond acceptors (Lipinski definition) is 11. The van der Waals surface area contributed by atoms with E-state index in [0.29, 0.717) is 29.4 Å². The number of H-pyrrole nitrogens is 1. The van der Waals surface area contributed by atoms with Gasteiger partial charge in [0.25, 0.3) is 11.4 Å². The molecule has 2 aromatic heterocycles. The molecule has 0 bridgehead atoms. The number of hydrogen-bond donors (Lipinski definition) is 8. The van der Waals surface area contributed by atoms with Gasteiger partial charge in [0.1, 0.15) is 29.9 Å². The molecule has 23 nitrogen and oxygen atoms in total. The largest absolute Gasteiger partial charge is 0.396 e. The lowest BCUT2D eigenvalue weighted by Crippen LogP contribution is -2.62. The Morgan fingerprint density at radius 3 is 2.13 bits per heavy atom. The van der Waals surface area contributed by atoms with Gasteiger partial charge in [0.05, 0.1) is 17.1 Å². The van der Waals surface area contributed by atoms with Gasteiger partial charge < -0.3 is 46.3 Å². The zero-order chi connectivity index (χ0) is 59.6. The minimum Gasteiger partial charge on any atom is -0.370 e. The molecule has 24 heteroatoms. The van der Waals surface area contributed by atoms with Gasteiger partial charge in [0, 0.05) is 61.9 Å². The Bertz CT molecular complexity index is 3640. The van der Waals surface area contributed by atoms with E-state index in [1.54, 1.807) is 11.9 Å². The summed E-state index contributed by atoms with van der Waals surface area (Å²) >= 11 is 0. The third kappa shape index (κ3) is 12.8. The Kier molecular flexibility index (Phi) is 17.3. The van der Waals surface area contributed by atoms with E-state index in [9.17, 15) is 57.5 Å². The van der Waals surface area contributed by atoms with Gasteiger partial charge in [-0.1, -0.05) is 66.7 Å². The quantitative estimate of drug-likeness (QED) is 0.0448. The van der Waals surface area contributed by atoms with E-state index in [1.807, 2.05) is 78.9 Å². The highest BCUT2D eigenvalue weighted by Gasteiger charge is 2.46. The van der Waals surface area contributed by atoms with Gasteiger partial charge in [0.15, 0.2) is 0 Å². The lowest BCUT2D eigenvalue weighted by atomic mass is 9.78. The van der Waals surface area contributed by atoms with Crippen LogP contribution in [0.25, 0.3) is 21.9 Å². The molecule has 3 aliphatic heterocycles. The number of amides is 8. The molecule has 440 valence electrons. The van der Waals surface area contributed by atoms with Crippen LogP contribution < -0.4 is 32.7 Å². The number of nitrogens with one attached hydrogen (secondary N) is 5. The Labute approximate surface area is 482 Å². The van der Waals surface area contributed by atoms with Crippen LogP contribution in [0, 0.1) is 11.8 Å². The Hall–Kier alpha value is -8.53. The molecule has 0 radical (unpaired) electrons. The second-order valence-electron chi connectivity index (χ2n) is 22.6. The predicted octanol–water partition coefficient (Wildman–Crippen LogP) is 3.90. The van der Waals surface area contributed by atoms with Crippen molar-refractivity contribution in [3.05, 3.63) is 142 Å². The Morgan fingerprint density at radius 2 is 1.46 bits per heavy atom. The number of rotatable bonds is 18. The van der Waals surface area contributed by atoms with Crippen molar-refractivity contribution in [3.63, 3.8) is 0 Å². The molecule has 8 amide bonds. The average molecular weight is 1170 g/mol. The number of primary amides is 1. The minimum atomic E-state index is -5.13. The third-order valence-corrected chi connectivity index (χ3v) is 17.8. The summed E-state index contributed by atoms with van der Waals surface area (Å²) in [6, 6.07) is 23.7. The van der Waals surface area contributed by atoms with Crippen LogP contribution in [0.5, 0.6) is 0 Å². The first-order valence-electron chi connectivity index (χ1n) is 28.4. The molecule has 1 aliphatic carbocycles. The maximum Gasteiger partial charge on any atom is 0.396 e. The lowest BCUT2D eigenvalue weighted by Gasteiger charge is -2.39. The van der Waals surface area contributed by atoms with E-state index in [4.69, 9.17) is 5.73 Å². The number of aromatic nitrogens is 3. The SMILES string of the molecule is Cn1c(=O)n([C@H]2CCC(=O)NC2=O)c2ccc(C[C@H]3CC[C@@H](CC(=O)N4CCC5CC[C@@H](C(=O)N[C@@H](CCC(N)=O)C(=O)NC(c6ccccc6)c6ccccc6)N5C(=O)[C@@H](NC(=O)c5cc6cc(C(=O)P(=O)(O)O)ccc6[nH]5)C4)CC3)cc21. The summed E-state index contributed by atoms with van der Waals surface area (Å²) in [5.74, 6) is -4.13. The topological polar surface area (TPSA) is 335 Å². The van der Waals surface area contributed by atoms with Crippen molar-refractivity contribution in [2.75, 3.05) is 13.1 Å². The van der Waals surface area contributed by atoms with Crippen molar-refractivity contribution < 1.29 is 57.5 Å². The zero-order valence-corrected chi connectivity index (χ0v) is 47.1. The average Bonchev–Trinajstić information content (AvgIpc) is 3.38. The molecule has 10 rings (SSSR count). The van der Waals surface area contributed by atoms with Gasteiger partial charge >= 0.3 is 13.3 Å². The molecule has 4 fully saturated rings. The van der Waals surface area contributed by atoms with E-state index in [1.165, 1.54) is 38.3 Å². The molecule has 1 unspecified atom stereocenters. The smallest absolute Gasteiger partial charge is 0.370 e. The summed E-state index contributed by atoms with van der Waals surface area (Å²) in [4.78, 5) is 161. The predicted molar refractivity (Wildman–Crippen MR) is 306 cm³/mol. The van der Waals surface area contributed by atoms with Gasteiger partial charge in [-0.15, -0.1) is 0 Å². The van der Waals surface area contributed by atoms with Crippen molar-refractivity contribution in [3.8, 4) is 0 Å². The molecule has 4 aromatic carbocycles. The van der Waals surface area contributed by atoms with Gasteiger partial charge in [-0.2, -0.15) is 0 Å². The van der Waals surface area contributed by atoms with E-state index in [-0.39, 0.29) is 97.6 Å². The highest BCUT2D eigenvalue weighted by Crippen LogP contribution is 2.40. The first-order chi connectivity index (χ1) is 40.2. The fourth-order valence-electron chi connectivity index (χ4n) is 12.6. The summed E-state index contributed by atoms with van der Waals surface area (Å²) < 4.78 is 14.8. The van der Waals surface area contributed by atoms with Crippen molar-refractivity contribution in [2.24, 2.45) is 24.6 Å². The lowest BCUT2D eigenvalue weighted by molar-refractivity contribution is -0.146. The highest BCUT2D eigenvalue weighted by atomic mass is 31.2. The minimum absolute atomic E-state index is 0.0221. The van der Waals surface area contributed by atoms with E-state index < -0.39 is 84.8 Å². The van der Waals surface area contributed by atoms with Crippen molar-refractivity contribution >= 4 is 82.3 Å². The molecule has 1 saturated carbocycles. The summed E-state index contributed by atoms with van der Waals surface area (Å²) in [6.07, 6.45) is 4.91. The van der Waals surface area contributed by atoms with E-state index in [0.717, 1.165) is 48.8 Å². The summed E-state index contributed by atoms with van der Waals surface area (Å²) in [6.45, 7) is -0.0654. The number of piperidine rings is 1. The normalized spacial score (nSPS) is 21.5. The van der Waals surface area contributed by atoms with E-state index in [2.05, 4.69) is 26.3 Å². The fraction of sp³-hybridized carbons (Fsp3) is 0.400. The molecule has 5 atom stereocenters. The number of nitrogens with two attached hydrogens (primary N) is 1. The number of benzene rings is 4. The van der Waals surface area contributed by atoms with Crippen LogP contribution in [0.3, 0.4) is 0 Å². The molecule has 9 N–H and O–H groups in total. The number of carbonyl (C=O) groups excluding carboxylic acids is 9. The van der Waals surface area contributed by atoms with E-state index >= 15 is 4.79 Å². The van der Waals surface area contributed by atoms with Crippen LogP contribution in [-0.2, 0) is 51.6 Å². The molecule has 3 saturated heterocycles. The fourth-order valence-corrected chi connectivity index (χ4v) is 13.1. The number of nitrogens with zero attached hydrogens (tertiary/aromatic N) is 4. The molecule has 6 aromatic rings. The van der Waals surface area contributed by atoms with Crippen LogP contribution >= 0.6 is 7.60 Å². The molecule has 4 aliphatic rings. The number of carbonyl (C=O) groups is 9. The number of aromatic amines is 1. The van der Waals surface area contributed by atoms with Gasteiger partial charge in [0.2, 0.25) is 41.4 Å². The highest BCUT2D eigenvalue weighted by molar-refractivity contribution is 7.70. The standard InChI is InChI=1S/C60H67N10O13P/c1-67-49-29-36(16-21-46(49)70(60(67)80)48-23-25-51(72)65-57(48)77)28-34-12-14-35(15-13-34)30-52(73)68-27-26-41-18-22-47(56(76)63-43(20-24-50(61)71)54(74)66-53(37-8-4-2-5-9-37)38-10-6-3-7-11-38)69(41)58(78)45(33-68)64-55(75)44-32-40-31-39(17-19-42(40)62-44)59(79)84(81,82)83/h2-11,16-17,19,21,29,31-32,34-35,41,43,45,47-48,53,62H,12-15,18,20,22-28,30,33H2,1H3,(H2,61,71)(H,63,76)(H,64,75)(H,66,74)(H,65,72,77)(H2,81,82,83)/t34-,35+,41?,43-,45-,47-,48-/m0/s1. The Balaban J connectivity index is 0.845. The molecular weight excluding hydrogens is 1100 g/mol. The van der Waals surface area contributed by atoms with Crippen molar-refractivity contribution in [1.82, 2.24) is 45.2 Å². The maximum absolute atomic E-state index is 15.2. The van der Waals surface area contributed by atoms with Crippen LogP contribution in [0.4, 0.5) is 0 Å². The molecule has 0 spiro atoms. The van der Waals surface area contributed by atoms with Crippen LogP contribution in [0.15, 0.2) is 108 Å². The maximum atomic E-state index is 15.2. The molecular formula is C60H67N10O13P. The van der Waals surface area contributed by atoms with Crippen molar-refractivity contribution in [1.29, 1.82) is 0 Å². The van der Waals surface area contributed by atoms with Gasteiger partial charge in [-0.3, -0.25) is 62.2 Å². The van der Waals surface area contributed by atoms with Crippen LogP contribution in [-0.4, -0.2) is 124 Å². The van der Waals surface area contributed by atoms with Gasteiger partial charge in [-0.25, -0.2) is 4.79 Å². The molecule has 84 heavy (non-hydrogen) atoms. The number of aryl methyl sites for hydroxylation is 1. The first-order valence-corrected chi connectivity index (χ1v) is 30.0. The van der Waals surface area contributed by atoms with Crippen LogP contribution in [0.2, 0.25) is 0 Å². The van der Waals surface area contributed by atoms with Crippen LogP contribution in [0.1, 0.15) is 127 Å². The Morgan fingerprint density at radius 1 is 0.774 bits per heavy atom. The third-order valence-electron chi connectivity index (χ3n) is 17.0. The zero-order valence-electron chi connectivity index (χ0n) is 46.2. The first kappa shape index (κ1) is 58.7.